The first-order valence-corrected chi connectivity index (χ1v) is 7.18. The predicted molar refractivity (Wildman–Crippen MR) is 82.2 cm³/mol. The van der Waals surface area contributed by atoms with Crippen molar-refractivity contribution in [3.63, 3.8) is 0 Å². The summed E-state index contributed by atoms with van der Waals surface area (Å²) < 4.78 is 43.3. The molecule has 134 valence electrons. The van der Waals surface area contributed by atoms with Gasteiger partial charge in [-0.1, -0.05) is 0 Å². The van der Waals surface area contributed by atoms with Gasteiger partial charge >= 0.3 is 6.18 Å². The minimum Gasteiger partial charge on any atom is -0.507 e. The molecular weight excluding hydrogens is 341 g/mol. The van der Waals surface area contributed by atoms with Crippen LogP contribution in [0.1, 0.15) is 18.2 Å². The first kappa shape index (κ1) is 18.3. The molecule has 0 fully saturated rings. The number of halogens is 3. The maximum atomic E-state index is 12.4. The molecule has 0 saturated carbocycles. The monoisotopic (exact) mass is 356 g/mol. The van der Waals surface area contributed by atoms with Crippen LogP contribution in [0.4, 0.5) is 13.2 Å². The molecule has 0 aliphatic carbocycles. The zero-order valence-electron chi connectivity index (χ0n) is 13.1. The zero-order valence-corrected chi connectivity index (χ0v) is 13.1. The molecule has 25 heavy (non-hydrogen) atoms. The third-order valence-corrected chi connectivity index (χ3v) is 2.94. The van der Waals surface area contributed by atoms with Gasteiger partial charge in [0.1, 0.15) is 18.0 Å². The average molecular weight is 356 g/mol. The minimum absolute atomic E-state index is 0.0918. The van der Waals surface area contributed by atoms with Crippen LogP contribution in [-0.4, -0.2) is 33.6 Å². The fourth-order valence-electron chi connectivity index (χ4n) is 1.85. The molecule has 1 heterocycles. The number of benzene rings is 1. The number of carbonyl (C=O) groups is 1. The van der Waals surface area contributed by atoms with E-state index in [4.69, 9.17) is 4.74 Å². The number of aromatic nitrogens is 2. The Kier molecular flexibility index (Phi) is 5.63. The number of phenolic OH excluding ortho intramolecular Hbond substituents is 1. The van der Waals surface area contributed by atoms with Gasteiger partial charge in [0.05, 0.1) is 12.8 Å². The molecule has 2 rings (SSSR count). The van der Waals surface area contributed by atoms with Crippen molar-refractivity contribution in [2.45, 2.75) is 19.6 Å². The van der Waals surface area contributed by atoms with Gasteiger partial charge in [-0.3, -0.25) is 9.48 Å². The highest BCUT2D eigenvalue weighted by atomic mass is 19.4. The Morgan fingerprint density at radius 2 is 2.20 bits per heavy atom. The van der Waals surface area contributed by atoms with Gasteiger partial charge in [0.15, 0.2) is 5.69 Å². The minimum atomic E-state index is -4.56. The summed E-state index contributed by atoms with van der Waals surface area (Å²) in [6, 6.07) is 5.33. The molecule has 0 aliphatic rings. The summed E-state index contributed by atoms with van der Waals surface area (Å²) in [5.41, 5.74) is 1.40. The number of hydrogen-bond donors (Lipinski definition) is 2. The van der Waals surface area contributed by atoms with Crippen molar-refractivity contribution in [1.82, 2.24) is 15.2 Å². The first-order valence-electron chi connectivity index (χ1n) is 7.18. The molecule has 0 aliphatic heterocycles. The van der Waals surface area contributed by atoms with Crippen LogP contribution in [0, 0.1) is 0 Å². The van der Waals surface area contributed by atoms with Crippen molar-refractivity contribution >= 4 is 12.1 Å². The van der Waals surface area contributed by atoms with E-state index >= 15 is 0 Å². The third-order valence-electron chi connectivity index (χ3n) is 2.94. The standard InChI is InChI=1S/C15H15F3N4O3/c1-2-25-11-4-3-10(12(23)7-11)8-19-20-14(24)9-22-6-5-13(21-22)15(16,17)18/h3-8,23H,2,9H2,1H3,(H,20,24)/b19-8+. The highest BCUT2D eigenvalue weighted by molar-refractivity contribution is 5.85. The molecule has 0 atom stereocenters. The van der Waals surface area contributed by atoms with E-state index in [-0.39, 0.29) is 5.75 Å². The number of nitrogens with zero attached hydrogens (tertiary/aromatic N) is 3. The maximum absolute atomic E-state index is 12.4. The Labute approximate surface area is 140 Å². The van der Waals surface area contributed by atoms with E-state index in [0.717, 1.165) is 16.9 Å². The fraction of sp³-hybridized carbons (Fsp3) is 0.267. The molecular formula is C15H15F3N4O3. The smallest absolute Gasteiger partial charge is 0.435 e. The van der Waals surface area contributed by atoms with E-state index in [1.54, 1.807) is 19.1 Å². The molecule has 2 N–H and O–H groups in total. The summed E-state index contributed by atoms with van der Waals surface area (Å²) in [6.07, 6.45) is -2.32. The van der Waals surface area contributed by atoms with E-state index in [1.165, 1.54) is 12.3 Å². The van der Waals surface area contributed by atoms with E-state index in [9.17, 15) is 23.1 Å². The highest BCUT2D eigenvalue weighted by Crippen LogP contribution is 2.27. The zero-order chi connectivity index (χ0) is 18.4. The Balaban J connectivity index is 1.91. The summed E-state index contributed by atoms with van der Waals surface area (Å²) in [5.74, 6) is -0.273. The molecule has 0 unspecified atom stereocenters. The summed E-state index contributed by atoms with van der Waals surface area (Å²) in [7, 11) is 0. The van der Waals surface area contributed by atoms with E-state index < -0.39 is 24.3 Å². The van der Waals surface area contributed by atoms with E-state index in [2.05, 4.69) is 15.6 Å². The van der Waals surface area contributed by atoms with E-state index in [0.29, 0.717) is 17.9 Å². The van der Waals surface area contributed by atoms with Crippen LogP contribution < -0.4 is 10.2 Å². The summed E-state index contributed by atoms with van der Waals surface area (Å²) in [6.45, 7) is 1.83. The largest absolute Gasteiger partial charge is 0.507 e. The number of nitrogens with one attached hydrogen (secondary N) is 1. The molecule has 1 aromatic heterocycles. The van der Waals surface area contributed by atoms with Crippen molar-refractivity contribution in [1.29, 1.82) is 0 Å². The number of alkyl halides is 3. The molecule has 10 heteroatoms. The average Bonchev–Trinajstić information content (AvgIpc) is 2.98. The normalized spacial score (nSPS) is 11.7. The highest BCUT2D eigenvalue weighted by Gasteiger charge is 2.33. The second-order valence-electron chi connectivity index (χ2n) is 4.84. The van der Waals surface area contributed by atoms with Crippen molar-refractivity contribution < 1.29 is 27.8 Å². The number of hydrogen-bond acceptors (Lipinski definition) is 5. The topological polar surface area (TPSA) is 88.7 Å². The van der Waals surface area contributed by atoms with Crippen molar-refractivity contribution in [2.75, 3.05) is 6.61 Å². The molecule has 7 nitrogen and oxygen atoms in total. The number of phenols is 1. The molecule has 0 bridgehead atoms. The van der Waals surface area contributed by atoms with E-state index in [1.807, 2.05) is 0 Å². The maximum Gasteiger partial charge on any atom is 0.435 e. The SMILES string of the molecule is CCOc1ccc(/C=N/NC(=O)Cn2ccc(C(F)(F)F)n2)c(O)c1. The second-order valence-corrected chi connectivity index (χ2v) is 4.84. The number of amides is 1. The van der Waals surface area contributed by atoms with Crippen LogP contribution in [0.3, 0.4) is 0 Å². The lowest BCUT2D eigenvalue weighted by molar-refractivity contribution is -0.141. The van der Waals surface area contributed by atoms with Gasteiger partial charge in [-0.05, 0) is 25.1 Å². The van der Waals surface area contributed by atoms with Crippen LogP contribution in [0.25, 0.3) is 0 Å². The number of aromatic hydroxyl groups is 1. The van der Waals surface area contributed by atoms with Crippen LogP contribution in [-0.2, 0) is 17.5 Å². The Morgan fingerprint density at radius 3 is 2.80 bits per heavy atom. The second kappa shape index (κ2) is 7.69. The molecule has 2 aromatic rings. The predicted octanol–water partition coefficient (Wildman–Crippen LogP) is 2.16. The number of rotatable bonds is 6. The van der Waals surface area contributed by atoms with Gasteiger partial charge in [-0.2, -0.15) is 23.4 Å². The molecule has 1 amide bonds. The van der Waals surface area contributed by atoms with Gasteiger partial charge in [0.25, 0.3) is 5.91 Å². The lowest BCUT2D eigenvalue weighted by atomic mass is 10.2. The van der Waals surface area contributed by atoms with Gasteiger partial charge in [0.2, 0.25) is 0 Å². The van der Waals surface area contributed by atoms with Crippen LogP contribution in [0.2, 0.25) is 0 Å². The van der Waals surface area contributed by atoms with Crippen LogP contribution in [0.5, 0.6) is 11.5 Å². The Morgan fingerprint density at radius 1 is 1.44 bits per heavy atom. The van der Waals surface area contributed by atoms with Crippen LogP contribution >= 0.6 is 0 Å². The Hall–Kier alpha value is -3.04. The van der Waals surface area contributed by atoms with Crippen molar-refractivity contribution in [3.8, 4) is 11.5 Å². The number of ether oxygens (including phenoxy) is 1. The number of carbonyl (C=O) groups excluding carboxylic acids is 1. The molecule has 1 aromatic carbocycles. The van der Waals surface area contributed by atoms with Crippen LogP contribution in [0.15, 0.2) is 35.6 Å². The lowest BCUT2D eigenvalue weighted by Gasteiger charge is -2.05. The van der Waals surface area contributed by atoms with Gasteiger partial charge in [0, 0.05) is 17.8 Å². The van der Waals surface area contributed by atoms with Crippen molar-refractivity contribution in [3.05, 3.63) is 41.7 Å². The molecule has 0 radical (unpaired) electrons. The lowest BCUT2D eigenvalue weighted by Crippen LogP contribution is -2.23. The quantitative estimate of drug-likeness (QED) is 0.613. The fourth-order valence-corrected chi connectivity index (χ4v) is 1.85. The van der Waals surface area contributed by atoms with Gasteiger partial charge in [-0.25, -0.2) is 5.43 Å². The number of hydrazone groups is 1. The summed E-state index contributed by atoms with van der Waals surface area (Å²) >= 11 is 0. The van der Waals surface area contributed by atoms with Gasteiger partial charge < -0.3 is 9.84 Å². The first-order chi connectivity index (χ1) is 11.8. The molecule has 0 spiro atoms. The van der Waals surface area contributed by atoms with Gasteiger partial charge in [-0.15, -0.1) is 0 Å². The van der Waals surface area contributed by atoms with Crippen molar-refractivity contribution in [2.24, 2.45) is 5.10 Å². The third kappa shape index (κ3) is 5.23. The summed E-state index contributed by atoms with van der Waals surface area (Å²) in [5, 5.41) is 16.7. The molecule has 0 saturated heterocycles. The summed E-state index contributed by atoms with van der Waals surface area (Å²) in [4.78, 5) is 11.6. The Bertz CT molecular complexity index is 772.